The fourth-order valence-corrected chi connectivity index (χ4v) is 1.89. The van der Waals surface area contributed by atoms with E-state index in [2.05, 4.69) is 13.8 Å². The second-order valence-corrected chi connectivity index (χ2v) is 4.49. The molecule has 0 radical (unpaired) electrons. The van der Waals surface area contributed by atoms with E-state index in [0.717, 1.165) is 18.8 Å². The second kappa shape index (κ2) is 8.31. The number of hydrogen-bond donors (Lipinski definition) is 1. The van der Waals surface area contributed by atoms with E-state index in [1.807, 2.05) is 12.1 Å². The molecule has 1 aromatic heterocycles. The highest BCUT2D eigenvalue weighted by molar-refractivity contribution is 5.02. The van der Waals surface area contributed by atoms with Crippen molar-refractivity contribution in [3.05, 3.63) is 24.2 Å². The van der Waals surface area contributed by atoms with Crippen LogP contribution in [0.1, 0.15) is 51.4 Å². The van der Waals surface area contributed by atoms with Crippen LogP contribution in [-0.2, 0) is 4.74 Å². The van der Waals surface area contributed by atoms with Crippen LogP contribution in [0.4, 0.5) is 0 Å². The molecule has 3 nitrogen and oxygen atoms in total. The van der Waals surface area contributed by atoms with Gasteiger partial charge in [0, 0.05) is 6.54 Å². The van der Waals surface area contributed by atoms with Gasteiger partial charge in [-0.05, 0) is 24.5 Å². The molecule has 0 saturated heterocycles. The fraction of sp³-hybridized carbons (Fsp3) is 0.714. The Kier molecular flexibility index (Phi) is 6.97. The molecule has 98 valence electrons. The summed E-state index contributed by atoms with van der Waals surface area (Å²) in [6.07, 6.45) is 6.49. The number of rotatable bonds is 9. The molecular formula is C14H25NO2. The predicted octanol–water partition coefficient (Wildman–Crippen LogP) is 3.51. The van der Waals surface area contributed by atoms with Crippen LogP contribution in [0.3, 0.4) is 0 Å². The number of unbranched alkanes of at least 4 members (excludes halogenated alkanes) is 1. The van der Waals surface area contributed by atoms with E-state index in [1.165, 1.54) is 19.3 Å². The van der Waals surface area contributed by atoms with Crippen LogP contribution in [0.25, 0.3) is 0 Å². The van der Waals surface area contributed by atoms with Gasteiger partial charge in [-0.1, -0.05) is 33.1 Å². The lowest BCUT2D eigenvalue weighted by molar-refractivity contribution is 0.0177. The SMILES string of the molecule is CCCCC(CC)COC(CN)c1ccco1. The van der Waals surface area contributed by atoms with E-state index in [1.54, 1.807) is 6.26 Å². The molecule has 0 fully saturated rings. The Hall–Kier alpha value is -0.800. The molecule has 2 N–H and O–H groups in total. The van der Waals surface area contributed by atoms with Gasteiger partial charge in [0.15, 0.2) is 0 Å². The van der Waals surface area contributed by atoms with Crippen molar-refractivity contribution >= 4 is 0 Å². The molecule has 0 aliphatic carbocycles. The van der Waals surface area contributed by atoms with Gasteiger partial charge < -0.3 is 14.9 Å². The molecule has 1 heterocycles. The number of hydrogen-bond acceptors (Lipinski definition) is 3. The summed E-state index contributed by atoms with van der Waals surface area (Å²) >= 11 is 0. The van der Waals surface area contributed by atoms with Gasteiger partial charge >= 0.3 is 0 Å². The Balaban J connectivity index is 2.35. The maximum absolute atomic E-state index is 5.87. The average molecular weight is 239 g/mol. The molecule has 0 bridgehead atoms. The molecule has 1 aromatic rings. The van der Waals surface area contributed by atoms with Crippen LogP contribution in [0.2, 0.25) is 0 Å². The highest BCUT2D eigenvalue weighted by Crippen LogP contribution is 2.20. The maximum atomic E-state index is 5.87. The zero-order valence-electron chi connectivity index (χ0n) is 11.0. The monoisotopic (exact) mass is 239 g/mol. The summed E-state index contributed by atoms with van der Waals surface area (Å²) in [5, 5.41) is 0. The van der Waals surface area contributed by atoms with Gasteiger partial charge in [-0.2, -0.15) is 0 Å². The molecule has 0 aliphatic rings. The van der Waals surface area contributed by atoms with Gasteiger partial charge in [0.05, 0.1) is 12.9 Å². The van der Waals surface area contributed by atoms with Crippen molar-refractivity contribution in [2.75, 3.05) is 13.2 Å². The molecule has 2 atom stereocenters. The highest BCUT2D eigenvalue weighted by Gasteiger charge is 2.15. The minimum Gasteiger partial charge on any atom is -0.467 e. The normalized spacial score (nSPS) is 14.8. The standard InChI is InChI=1S/C14H25NO2/c1-3-5-7-12(4-2)11-17-14(10-15)13-8-6-9-16-13/h6,8-9,12,14H,3-5,7,10-11,15H2,1-2H3. The molecule has 3 heteroatoms. The maximum Gasteiger partial charge on any atom is 0.133 e. The molecule has 0 aromatic carbocycles. The third kappa shape index (κ3) is 4.92. The zero-order valence-corrected chi connectivity index (χ0v) is 11.0. The Bertz CT molecular complexity index is 272. The molecule has 0 aliphatic heterocycles. The quantitative estimate of drug-likeness (QED) is 0.717. The van der Waals surface area contributed by atoms with Gasteiger partial charge in [0.2, 0.25) is 0 Å². The van der Waals surface area contributed by atoms with Gasteiger partial charge in [-0.15, -0.1) is 0 Å². The predicted molar refractivity (Wildman–Crippen MR) is 69.8 cm³/mol. The van der Waals surface area contributed by atoms with Crippen LogP contribution < -0.4 is 5.73 Å². The molecule has 0 saturated carbocycles. The summed E-state index contributed by atoms with van der Waals surface area (Å²) in [6, 6.07) is 3.79. The van der Waals surface area contributed by atoms with E-state index in [0.29, 0.717) is 12.5 Å². The number of furan rings is 1. The molecule has 0 spiro atoms. The van der Waals surface area contributed by atoms with Crippen LogP contribution in [0.15, 0.2) is 22.8 Å². The van der Waals surface area contributed by atoms with Crippen LogP contribution in [0.5, 0.6) is 0 Å². The molecule has 2 unspecified atom stereocenters. The first kappa shape index (κ1) is 14.3. The van der Waals surface area contributed by atoms with E-state index < -0.39 is 0 Å². The summed E-state index contributed by atoms with van der Waals surface area (Å²) in [7, 11) is 0. The fourth-order valence-electron chi connectivity index (χ4n) is 1.89. The number of ether oxygens (including phenoxy) is 1. The lowest BCUT2D eigenvalue weighted by Crippen LogP contribution is -2.19. The summed E-state index contributed by atoms with van der Waals surface area (Å²) < 4.78 is 11.2. The Morgan fingerprint density at radius 2 is 2.24 bits per heavy atom. The largest absolute Gasteiger partial charge is 0.467 e. The smallest absolute Gasteiger partial charge is 0.133 e. The summed E-state index contributed by atoms with van der Waals surface area (Å²) in [5.41, 5.74) is 5.71. The molecular weight excluding hydrogens is 214 g/mol. The van der Waals surface area contributed by atoms with E-state index in [9.17, 15) is 0 Å². The van der Waals surface area contributed by atoms with Gasteiger partial charge in [0.25, 0.3) is 0 Å². The van der Waals surface area contributed by atoms with Gasteiger partial charge in [0.1, 0.15) is 11.9 Å². The average Bonchev–Trinajstić information content (AvgIpc) is 2.87. The first-order valence-electron chi connectivity index (χ1n) is 6.66. The van der Waals surface area contributed by atoms with Crippen molar-refractivity contribution < 1.29 is 9.15 Å². The van der Waals surface area contributed by atoms with Crippen molar-refractivity contribution in [1.29, 1.82) is 0 Å². The van der Waals surface area contributed by atoms with Crippen molar-refractivity contribution in [2.24, 2.45) is 11.7 Å². The lowest BCUT2D eigenvalue weighted by atomic mass is 10.0. The Morgan fingerprint density at radius 3 is 2.76 bits per heavy atom. The highest BCUT2D eigenvalue weighted by atomic mass is 16.5. The van der Waals surface area contributed by atoms with Crippen molar-refractivity contribution in [2.45, 2.75) is 45.6 Å². The molecule has 0 amide bonds. The van der Waals surface area contributed by atoms with E-state index in [4.69, 9.17) is 14.9 Å². The van der Waals surface area contributed by atoms with Gasteiger partial charge in [-0.3, -0.25) is 0 Å². The first-order valence-corrected chi connectivity index (χ1v) is 6.66. The summed E-state index contributed by atoms with van der Waals surface area (Å²) in [4.78, 5) is 0. The minimum absolute atomic E-state index is 0.0966. The Morgan fingerprint density at radius 1 is 1.41 bits per heavy atom. The minimum atomic E-state index is -0.0966. The van der Waals surface area contributed by atoms with Gasteiger partial charge in [-0.25, -0.2) is 0 Å². The zero-order chi connectivity index (χ0) is 12.5. The number of nitrogens with two attached hydrogens (primary N) is 1. The molecule has 1 rings (SSSR count). The van der Waals surface area contributed by atoms with Crippen molar-refractivity contribution in [3.63, 3.8) is 0 Å². The second-order valence-electron chi connectivity index (χ2n) is 4.49. The van der Waals surface area contributed by atoms with Crippen molar-refractivity contribution in [1.82, 2.24) is 0 Å². The van der Waals surface area contributed by atoms with Crippen LogP contribution >= 0.6 is 0 Å². The van der Waals surface area contributed by atoms with Crippen LogP contribution in [-0.4, -0.2) is 13.2 Å². The van der Waals surface area contributed by atoms with E-state index >= 15 is 0 Å². The summed E-state index contributed by atoms with van der Waals surface area (Å²) in [5.74, 6) is 1.47. The lowest BCUT2D eigenvalue weighted by Gasteiger charge is -2.19. The topological polar surface area (TPSA) is 48.4 Å². The van der Waals surface area contributed by atoms with Crippen LogP contribution in [0, 0.1) is 5.92 Å². The third-order valence-electron chi connectivity index (χ3n) is 3.15. The van der Waals surface area contributed by atoms with Crippen molar-refractivity contribution in [3.8, 4) is 0 Å². The third-order valence-corrected chi connectivity index (χ3v) is 3.15. The first-order chi connectivity index (χ1) is 8.31. The molecule has 17 heavy (non-hydrogen) atoms. The Labute approximate surface area is 104 Å². The van der Waals surface area contributed by atoms with E-state index in [-0.39, 0.29) is 6.10 Å². The summed E-state index contributed by atoms with van der Waals surface area (Å²) in [6.45, 7) is 5.68.